The fraction of sp³-hybridized carbons (Fsp3) is 0.0667. The van der Waals surface area contributed by atoms with Crippen LogP contribution in [0.25, 0.3) is 21.8 Å². The molecule has 3 heteroatoms. The van der Waals surface area contributed by atoms with E-state index in [1.807, 2.05) is 30.3 Å². The molecule has 2 aromatic heterocycles. The molecule has 2 heterocycles. The number of benzene rings is 1. The molecule has 0 fully saturated rings. The van der Waals surface area contributed by atoms with Gasteiger partial charge in [-0.3, -0.25) is 9.78 Å². The number of hydrogen-bond acceptors (Lipinski definition) is 2. The highest BCUT2D eigenvalue weighted by molar-refractivity contribution is 6.11. The van der Waals surface area contributed by atoms with Crippen molar-refractivity contribution in [2.24, 2.45) is 0 Å². The number of carbonyl (C=O) groups excluding carboxylic acids is 1. The summed E-state index contributed by atoms with van der Waals surface area (Å²) in [6, 6.07) is 10.1. The van der Waals surface area contributed by atoms with Crippen LogP contribution in [-0.2, 0) is 6.54 Å². The molecule has 0 amide bonds. The van der Waals surface area contributed by atoms with Crippen molar-refractivity contribution in [2.75, 3.05) is 0 Å². The highest BCUT2D eigenvalue weighted by Gasteiger charge is 2.12. The van der Waals surface area contributed by atoms with Gasteiger partial charge in [-0.1, -0.05) is 24.3 Å². The van der Waals surface area contributed by atoms with Crippen LogP contribution >= 0.6 is 0 Å². The van der Waals surface area contributed by atoms with E-state index < -0.39 is 0 Å². The molecule has 0 bridgehead atoms. The number of aldehydes is 1. The standard InChI is InChI=1S/C15H12N2O/c1-2-9-17-14-6-4-3-5-11(14)12-7-8-16-13(10-18)15(12)17/h2-8,10H,1,9H2. The molecule has 3 nitrogen and oxygen atoms in total. The van der Waals surface area contributed by atoms with Crippen LogP contribution in [0.1, 0.15) is 10.5 Å². The van der Waals surface area contributed by atoms with Gasteiger partial charge in [0.05, 0.1) is 5.52 Å². The fourth-order valence-electron chi connectivity index (χ4n) is 2.43. The molecule has 3 rings (SSSR count). The zero-order valence-electron chi connectivity index (χ0n) is 9.84. The lowest BCUT2D eigenvalue weighted by molar-refractivity contribution is 0.112. The molecule has 3 aromatic rings. The molecule has 0 atom stereocenters. The topological polar surface area (TPSA) is 34.9 Å². The van der Waals surface area contributed by atoms with Crippen LogP contribution in [0.5, 0.6) is 0 Å². The van der Waals surface area contributed by atoms with Crippen molar-refractivity contribution in [3.8, 4) is 0 Å². The molecule has 0 aliphatic carbocycles. The van der Waals surface area contributed by atoms with Gasteiger partial charge in [0.25, 0.3) is 0 Å². The second kappa shape index (κ2) is 4.11. The smallest absolute Gasteiger partial charge is 0.170 e. The van der Waals surface area contributed by atoms with E-state index in [1.54, 1.807) is 6.20 Å². The minimum atomic E-state index is 0.477. The normalized spacial score (nSPS) is 10.9. The third-order valence-corrected chi connectivity index (χ3v) is 3.13. The van der Waals surface area contributed by atoms with Crippen LogP contribution in [0.2, 0.25) is 0 Å². The summed E-state index contributed by atoms with van der Waals surface area (Å²) in [5.74, 6) is 0. The van der Waals surface area contributed by atoms with Gasteiger partial charge in [0.1, 0.15) is 5.69 Å². The van der Waals surface area contributed by atoms with Crippen molar-refractivity contribution in [3.63, 3.8) is 0 Å². The number of nitrogens with zero attached hydrogens (tertiary/aromatic N) is 2. The summed E-state index contributed by atoms with van der Waals surface area (Å²) < 4.78 is 2.08. The van der Waals surface area contributed by atoms with Gasteiger partial charge in [-0.15, -0.1) is 6.58 Å². The maximum absolute atomic E-state index is 11.2. The number of carbonyl (C=O) groups is 1. The molecule has 0 N–H and O–H groups in total. The first-order chi connectivity index (χ1) is 8.86. The van der Waals surface area contributed by atoms with E-state index in [2.05, 4.69) is 22.2 Å². The Morgan fingerprint density at radius 1 is 1.22 bits per heavy atom. The van der Waals surface area contributed by atoms with Crippen molar-refractivity contribution in [1.82, 2.24) is 9.55 Å². The number of aromatic nitrogens is 2. The van der Waals surface area contributed by atoms with Crippen LogP contribution in [0.15, 0.2) is 49.2 Å². The van der Waals surface area contributed by atoms with E-state index in [9.17, 15) is 4.79 Å². The summed E-state index contributed by atoms with van der Waals surface area (Å²) in [5, 5.41) is 2.20. The molecular weight excluding hydrogens is 224 g/mol. The Bertz CT molecular complexity index is 756. The van der Waals surface area contributed by atoms with Crippen LogP contribution in [0.3, 0.4) is 0 Å². The molecule has 0 unspecified atom stereocenters. The van der Waals surface area contributed by atoms with Gasteiger partial charge in [-0.05, 0) is 12.1 Å². The predicted octanol–water partition coefficient (Wildman–Crippen LogP) is 3.19. The lowest BCUT2D eigenvalue weighted by Gasteiger charge is -2.04. The average molecular weight is 236 g/mol. The van der Waals surface area contributed by atoms with Crippen molar-refractivity contribution in [1.29, 1.82) is 0 Å². The lowest BCUT2D eigenvalue weighted by atomic mass is 10.2. The first-order valence-electron chi connectivity index (χ1n) is 5.79. The van der Waals surface area contributed by atoms with Crippen molar-refractivity contribution < 1.29 is 4.79 Å². The highest BCUT2D eigenvalue weighted by atomic mass is 16.1. The van der Waals surface area contributed by atoms with E-state index in [1.165, 1.54) is 0 Å². The second-order valence-corrected chi connectivity index (χ2v) is 4.13. The van der Waals surface area contributed by atoms with E-state index in [0.717, 1.165) is 28.1 Å². The Hall–Kier alpha value is -2.42. The van der Waals surface area contributed by atoms with E-state index in [-0.39, 0.29) is 0 Å². The number of allylic oxidation sites excluding steroid dienone is 1. The van der Waals surface area contributed by atoms with Gasteiger partial charge in [0.15, 0.2) is 6.29 Å². The van der Waals surface area contributed by atoms with Crippen molar-refractivity contribution in [2.45, 2.75) is 6.54 Å². The molecule has 1 aromatic carbocycles. The monoisotopic (exact) mass is 236 g/mol. The number of rotatable bonds is 3. The minimum absolute atomic E-state index is 0.477. The molecule has 0 aliphatic rings. The van der Waals surface area contributed by atoms with Gasteiger partial charge >= 0.3 is 0 Å². The van der Waals surface area contributed by atoms with E-state index in [4.69, 9.17) is 0 Å². The summed E-state index contributed by atoms with van der Waals surface area (Å²) in [6.45, 7) is 4.44. The molecule has 0 saturated heterocycles. The Morgan fingerprint density at radius 2 is 2.06 bits per heavy atom. The first-order valence-corrected chi connectivity index (χ1v) is 5.79. The lowest BCUT2D eigenvalue weighted by Crippen LogP contribution is -1.98. The Labute approximate surface area is 104 Å². The molecule has 0 radical (unpaired) electrons. The van der Waals surface area contributed by atoms with Gasteiger partial charge in [0, 0.05) is 29.0 Å². The SMILES string of the molecule is C=CCn1c2ccccc2c2ccnc(C=O)c21. The number of fused-ring (bicyclic) bond motifs is 3. The number of para-hydroxylation sites is 1. The van der Waals surface area contributed by atoms with Gasteiger partial charge < -0.3 is 4.57 Å². The fourth-order valence-corrected chi connectivity index (χ4v) is 2.43. The van der Waals surface area contributed by atoms with Crippen LogP contribution in [0.4, 0.5) is 0 Å². The Kier molecular flexibility index (Phi) is 2.45. The van der Waals surface area contributed by atoms with Crippen molar-refractivity contribution in [3.05, 3.63) is 54.9 Å². The first kappa shape index (κ1) is 10.7. The number of hydrogen-bond donors (Lipinski definition) is 0. The number of pyridine rings is 1. The summed E-state index contributed by atoms with van der Waals surface area (Å²) in [5.41, 5.74) is 2.46. The predicted molar refractivity (Wildman–Crippen MR) is 72.8 cm³/mol. The zero-order chi connectivity index (χ0) is 12.5. The quantitative estimate of drug-likeness (QED) is 0.517. The Balaban J connectivity index is 2.57. The largest absolute Gasteiger partial charge is 0.335 e. The Morgan fingerprint density at radius 3 is 2.83 bits per heavy atom. The zero-order valence-corrected chi connectivity index (χ0v) is 9.84. The third kappa shape index (κ3) is 1.37. The minimum Gasteiger partial charge on any atom is -0.335 e. The maximum Gasteiger partial charge on any atom is 0.170 e. The summed E-state index contributed by atoms with van der Waals surface area (Å²) >= 11 is 0. The van der Waals surface area contributed by atoms with Crippen molar-refractivity contribution >= 4 is 28.1 Å². The third-order valence-electron chi connectivity index (χ3n) is 3.13. The van der Waals surface area contributed by atoms with Gasteiger partial charge in [0.2, 0.25) is 0 Å². The van der Waals surface area contributed by atoms with Crippen LogP contribution in [0, 0.1) is 0 Å². The molecule has 88 valence electrons. The van der Waals surface area contributed by atoms with Gasteiger partial charge in [-0.2, -0.15) is 0 Å². The van der Waals surface area contributed by atoms with Gasteiger partial charge in [-0.25, -0.2) is 0 Å². The van der Waals surface area contributed by atoms with Crippen LogP contribution in [-0.4, -0.2) is 15.8 Å². The van der Waals surface area contributed by atoms with E-state index in [0.29, 0.717) is 12.2 Å². The summed E-state index contributed by atoms with van der Waals surface area (Å²) in [7, 11) is 0. The molecular formula is C15H12N2O. The maximum atomic E-state index is 11.2. The van der Waals surface area contributed by atoms with E-state index >= 15 is 0 Å². The average Bonchev–Trinajstić information content (AvgIpc) is 2.74. The summed E-state index contributed by atoms with van der Waals surface area (Å²) in [6.07, 6.45) is 4.31. The summed E-state index contributed by atoms with van der Waals surface area (Å²) in [4.78, 5) is 15.3. The molecule has 0 saturated carbocycles. The molecule has 18 heavy (non-hydrogen) atoms. The molecule has 0 aliphatic heterocycles. The highest BCUT2D eigenvalue weighted by Crippen LogP contribution is 2.29. The second-order valence-electron chi connectivity index (χ2n) is 4.13. The molecule has 0 spiro atoms. The van der Waals surface area contributed by atoms with Crippen LogP contribution < -0.4 is 0 Å².